The van der Waals surface area contributed by atoms with Crippen LogP contribution in [-0.4, -0.2) is 16.8 Å². The first-order chi connectivity index (χ1) is 10.1. The Morgan fingerprint density at radius 1 is 0.818 bits per heavy atom. The van der Waals surface area contributed by atoms with Gasteiger partial charge in [-0.2, -0.15) is 0 Å². The molecule has 0 spiro atoms. The van der Waals surface area contributed by atoms with Crippen molar-refractivity contribution in [3.63, 3.8) is 0 Å². The number of hydrogen-bond donors (Lipinski definition) is 2. The molecule has 0 saturated carbocycles. The van der Waals surface area contributed by atoms with E-state index in [0.717, 1.165) is 36.4 Å². The number of sulfonamides is 2. The number of benzene rings is 2. The van der Waals surface area contributed by atoms with E-state index < -0.39 is 31.7 Å². The number of halogens is 2. The molecule has 0 unspecified atom stereocenters. The topological polar surface area (TPSA) is 106 Å². The van der Waals surface area contributed by atoms with Gasteiger partial charge in [-0.15, -0.1) is 0 Å². The third-order valence-electron chi connectivity index (χ3n) is 2.63. The van der Waals surface area contributed by atoms with Gasteiger partial charge in [-0.05, 0) is 36.4 Å². The lowest BCUT2D eigenvalue weighted by molar-refractivity contribution is 0.509. The summed E-state index contributed by atoms with van der Waals surface area (Å²) in [6.45, 7) is 0. The molecular weight excluding hydrogens is 338 g/mol. The highest BCUT2D eigenvalue weighted by molar-refractivity contribution is 7.92. The largest absolute Gasteiger partial charge is 0.280 e. The van der Waals surface area contributed by atoms with Gasteiger partial charge in [0.2, 0.25) is 10.0 Å². The summed E-state index contributed by atoms with van der Waals surface area (Å²) in [5.74, 6) is -2.31. The average molecular weight is 348 g/mol. The summed E-state index contributed by atoms with van der Waals surface area (Å²) in [5, 5.41) is 4.90. The predicted octanol–water partition coefficient (Wildman–Crippen LogP) is 1.41. The van der Waals surface area contributed by atoms with E-state index in [9.17, 15) is 25.6 Å². The van der Waals surface area contributed by atoms with Crippen molar-refractivity contribution in [2.45, 2.75) is 9.79 Å². The molecule has 0 radical (unpaired) electrons. The third kappa shape index (κ3) is 3.59. The van der Waals surface area contributed by atoms with E-state index in [2.05, 4.69) is 0 Å². The Kier molecular flexibility index (Phi) is 4.18. The average Bonchev–Trinajstić information content (AvgIpc) is 2.42. The first kappa shape index (κ1) is 16.3. The number of nitrogens with one attached hydrogen (secondary N) is 1. The molecule has 6 nitrogen and oxygen atoms in total. The molecule has 0 aliphatic rings. The fraction of sp³-hybridized carbons (Fsp3) is 0. The Hall–Kier alpha value is -2.04. The quantitative estimate of drug-likeness (QED) is 0.871. The Balaban J connectivity index is 2.32. The number of rotatable bonds is 4. The van der Waals surface area contributed by atoms with Gasteiger partial charge in [0.05, 0.1) is 15.5 Å². The van der Waals surface area contributed by atoms with Crippen molar-refractivity contribution in [2.24, 2.45) is 5.14 Å². The van der Waals surface area contributed by atoms with Crippen LogP contribution in [0.2, 0.25) is 0 Å². The second kappa shape index (κ2) is 5.63. The van der Waals surface area contributed by atoms with Crippen molar-refractivity contribution >= 4 is 25.7 Å². The molecule has 2 aromatic rings. The van der Waals surface area contributed by atoms with Gasteiger partial charge in [0.1, 0.15) is 0 Å². The summed E-state index contributed by atoms with van der Waals surface area (Å²) in [7, 11) is -8.02. The monoisotopic (exact) mass is 348 g/mol. The van der Waals surface area contributed by atoms with Crippen molar-refractivity contribution < 1.29 is 25.6 Å². The molecule has 0 amide bonds. The van der Waals surface area contributed by atoms with Crippen LogP contribution in [0.1, 0.15) is 0 Å². The summed E-state index contributed by atoms with van der Waals surface area (Å²) in [6, 6.07) is 6.62. The Bertz CT molecular complexity index is 911. The first-order valence-corrected chi connectivity index (χ1v) is 8.73. The van der Waals surface area contributed by atoms with Crippen molar-refractivity contribution in [1.82, 2.24) is 0 Å². The van der Waals surface area contributed by atoms with Gasteiger partial charge in [0.25, 0.3) is 10.0 Å². The van der Waals surface area contributed by atoms with Gasteiger partial charge in [0, 0.05) is 6.07 Å². The smallest absolute Gasteiger partial charge is 0.261 e. The van der Waals surface area contributed by atoms with E-state index in [1.165, 1.54) is 0 Å². The number of hydrogen-bond acceptors (Lipinski definition) is 4. The second-order valence-corrected chi connectivity index (χ2v) is 7.49. The van der Waals surface area contributed by atoms with Crippen LogP contribution in [-0.2, 0) is 20.0 Å². The minimum Gasteiger partial charge on any atom is -0.280 e. The van der Waals surface area contributed by atoms with Crippen molar-refractivity contribution in [2.75, 3.05) is 4.72 Å². The third-order valence-corrected chi connectivity index (χ3v) is 4.96. The van der Waals surface area contributed by atoms with Gasteiger partial charge in [0.15, 0.2) is 11.6 Å². The maximum Gasteiger partial charge on any atom is 0.261 e. The number of anilines is 1. The second-order valence-electron chi connectivity index (χ2n) is 4.25. The van der Waals surface area contributed by atoms with E-state index in [-0.39, 0.29) is 15.5 Å². The highest BCUT2D eigenvalue weighted by Gasteiger charge is 2.16. The van der Waals surface area contributed by atoms with Crippen molar-refractivity contribution in [3.05, 3.63) is 54.1 Å². The summed E-state index contributed by atoms with van der Waals surface area (Å²) in [4.78, 5) is -0.510. The zero-order chi connectivity index (χ0) is 16.5. The lowest BCUT2D eigenvalue weighted by Gasteiger charge is -2.08. The lowest BCUT2D eigenvalue weighted by atomic mass is 10.3. The Labute approximate surface area is 125 Å². The minimum absolute atomic E-state index is 0.172. The maximum absolute atomic E-state index is 13.1. The molecule has 10 heteroatoms. The van der Waals surface area contributed by atoms with E-state index in [4.69, 9.17) is 5.14 Å². The molecule has 0 saturated heterocycles. The molecule has 3 N–H and O–H groups in total. The molecule has 118 valence electrons. The van der Waals surface area contributed by atoms with Crippen LogP contribution in [0.15, 0.2) is 52.3 Å². The summed E-state index contributed by atoms with van der Waals surface area (Å²) >= 11 is 0. The van der Waals surface area contributed by atoms with Gasteiger partial charge < -0.3 is 0 Å². The molecule has 0 bridgehead atoms. The highest BCUT2D eigenvalue weighted by atomic mass is 32.2. The molecule has 0 aromatic heterocycles. The molecule has 0 atom stereocenters. The maximum atomic E-state index is 13.1. The SMILES string of the molecule is NS(=O)(=O)c1ccc(S(=O)(=O)Nc2ccc(F)c(F)c2)cc1. The number of primary sulfonamides is 1. The molecule has 0 heterocycles. The van der Waals surface area contributed by atoms with Gasteiger partial charge >= 0.3 is 0 Å². The Morgan fingerprint density at radius 3 is 1.86 bits per heavy atom. The van der Waals surface area contributed by atoms with Gasteiger partial charge in [-0.25, -0.2) is 30.8 Å². The van der Waals surface area contributed by atoms with Crippen LogP contribution in [0.5, 0.6) is 0 Å². The van der Waals surface area contributed by atoms with Crippen LogP contribution in [0.4, 0.5) is 14.5 Å². The van der Waals surface area contributed by atoms with E-state index in [1.807, 2.05) is 4.72 Å². The fourth-order valence-electron chi connectivity index (χ4n) is 1.58. The molecule has 22 heavy (non-hydrogen) atoms. The zero-order valence-electron chi connectivity index (χ0n) is 10.8. The molecule has 2 aromatic carbocycles. The van der Waals surface area contributed by atoms with Crippen LogP contribution >= 0.6 is 0 Å². The first-order valence-electron chi connectivity index (χ1n) is 5.70. The Morgan fingerprint density at radius 2 is 1.36 bits per heavy atom. The number of nitrogens with two attached hydrogens (primary N) is 1. The van der Waals surface area contributed by atoms with Crippen LogP contribution < -0.4 is 9.86 Å². The molecule has 2 rings (SSSR count). The van der Waals surface area contributed by atoms with Crippen LogP contribution in [0.3, 0.4) is 0 Å². The summed E-state index contributed by atoms with van der Waals surface area (Å²) in [6.07, 6.45) is 0. The minimum atomic E-state index is -4.08. The molecule has 0 aliphatic heterocycles. The summed E-state index contributed by atoms with van der Waals surface area (Å²) in [5.41, 5.74) is -0.172. The molecule has 0 fully saturated rings. The van der Waals surface area contributed by atoms with E-state index in [1.54, 1.807) is 0 Å². The van der Waals surface area contributed by atoms with Gasteiger partial charge in [-0.1, -0.05) is 0 Å². The van der Waals surface area contributed by atoms with Crippen LogP contribution in [0, 0.1) is 11.6 Å². The van der Waals surface area contributed by atoms with Crippen molar-refractivity contribution in [1.29, 1.82) is 0 Å². The fourth-order valence-corrected chi connectivity index (χ4v) is 3.15. The predicted molar refractivity (Wildman–Crippen MR) is 75.0 cm³/mol. The van der Waals surface area contributed by atoms with Crippen molar-refractivity contribution in [3.8, 4) is 0 Å². The normalized spacial score (nSPS) is 12.1. The van der Waals surface area contributed by atoms with Crippen LogP contribution in [0.25, 0.3) is 0 Å². The zero-order valence-corrected chi connectivity index (χ0v) is 12.5. The lowest BCUT2D eigenvalue weighted by Crippen LogP contribution is -2.15. The van der Waals surface area contributed by atoms with E-state index >= 15 is 0 Å². The van der Waals surface area contributed by atoms with Gasteiger partial charge in [-0.3, -0.25) is 4.72 Å². The summed E-state index contributed by atoms with van der Waals surface area (Å²) < 4.78 is 74.2. The molecule has 0 aliphatic carbocycles. The highest BCUT2D eigenvalue weighted by Crippen LogP contribution is 2.19. The standard InChI is InChI=1S/C12H10F2N2O4S2/c13-11-6-1-8(7-12(11)14)16-22(19,20)10-4-2-9(3-5-10)21(15,17)18/h1-7,16H,(H2,15,17,18). The molecular formula is C12H10F2N2O4S2. The van der Waals surface area contributed by atoms with E-state index in [0.29, 0.717) is 6.07 Å².